The van der Waals surface area contributed by atoms with Gasteiger partial charge in [-0.25, -0.2) is 0 Å². The van der Waals surface area contributed by atoms with E-state index in [4.69, 9.17) is 0 Å². The lowest BCUT2D eigenvalue weighted by molar-refractivity contribution is 0.542. The van der Waals surface area contributed by atoms with E-state index in [0.717, 1.165) is 17.6 Å². The maximum atomic E-state index is 3.58. The number of nitrogens with zero attached hydrogens (tertiary/aromatic N) is 1. The quantitative estimate of drug-likeness (QED) is 0.828. The third-order valence-electron chi connectivity index (χ3n) is 3.35. The van der Waals surface area contributed by atoms with E-state index >= 15 is 0 Å². The number of benzene rings is 1. The smallest absolute Gasteiger partial charge is 0.0364 e. The highest BCUT2D eigenvalue weighted by Gasteiger charge is 2.06. The van der Waals surface area contributed by atoms with Crippen molar-refractivity contribution in [2.45, 2.75) is 39.4 Å². The molecule has 0 bridgehead atoms. The number of hydrogen-bond donors (Lipinski definition) is 1. The summed E-state index contributed by atoms with van der Waals surface area (Å²) in [5.41, 5.74) is 2.67. The fourth-order valence-electron chi connectivity index (χ4n) is 2.20. The summed E-state index contributed by atoms with van der Waals surface area (Å²) in [6, 6.07) is 13.2. The zero-order chi connectivity index (χ0) is 13.7. The van der Waals surface area contributed by atoms with Crippen LogP contribution in [0.1, 0.15) is 37.6 Å². The van der Waals surface area contributed by atoms with Crippen LogP contribution in [0.25, 0.3) is 0 Å². The predicted octanol–water partition coefficient (Wildman–Crippen LogP) is 4.51. The predicted molar refractivity (Wildman–Crippen MR) is 84.1 cm³/mol. The summed E-state index contributed by atoms with van der Waals surface area (Å²) in [5, 5.41) is 3.58. The minimum atomic E-state index is 0.359. The van der Waals surface area contributed by atoms with Crippen LogP contribution in [0.3, 0.4) is 0 Å². The minimum absolute atomic E-state index is 0.359. The Morgan fingerprint density at radius 3 is 2.63 bits per heavy atom. The fraction of sp³-hybridized carbons (Fsp3) is 0.375. The summed E-state index contributed by atoms with van der Waals surface area (Å²) in [4.78, 5) is 0. The number of rotatable bonds is 6. The van der Waals surface area contributed by atoms with Gasteiger partial charge in [0.15, 0.2) is 0 Å². The number of halogens is 1. The van der Waals surface area contributed by atoms with Gasteiger partial charge < -0.3 is 9.88 Å². The van der Waals surface area contributed by atoms with Crippen molar-refractivity contribution >= 4 is 15.9 Å². The molecule has 2 rings (SSSR count). The van der Waals surface area contributed by atoms with E-state index in [0.29, 0.717) is 6.04 Å². The molecule has 0 saturated carbocycles. The van der Waals surface area contributed by atoms with Gasteiger partial charge in [0.2, 0.25) is 0 Å². The molecule has 3 heteroatoms. The van der Waals surface area contributed by atoms with Gasteiger partial charge in [0.25, 0.3) is 0 Å². The van der Waals surface area contributed by atoms with E-state index in [9.17, 15) is 0 Å². The lowest BCUT2D eigenvalue weighted by Gasteiger charge is -2.15. The van der Waals surface area contributed by atoms with Crippen LogP contribution in [0.5, 0.6) is 0 Å². The van der Waals surface area contributed by atoms with Crippen LogP contribution in [0, 0.1) is 0 Å². The van der Waals surface area contributed by atoms with E-state index in [-0.39, 0.29) is 0 Å². The lowest BCUT2D eigenvalue weighted by atomic mass is 10.1. The molecule has 0 aliphatic rings. The molecule has 1 atom stereocenters. The van der Waals surface area contributed by atoms with Crippen molar-refractivity contribution in [3.8, 4) is 0 Å². The summed E-state index contributed by atoms with van der Waals surface area (Å²) in [5.74, 6) is 0. The van der Waals surface area contributed by atoms with Gasteiger partial charge in [-0.2, -0.15) is 0 Å². The van der Waals surface area contributed by atoms with Crippen molar-refractivity contribution in [3.63, 3.8) is 0 Å². The van der Waals surface area contributed by atoms with E-state index in [2.05, 4.69) is 82.3 Å². The molecule has 0 amide bonds. The number of aromatic nitrogens is 1. The Labute approximate surface area is 124 Å². The zero-order valence-corrected chi connectivity index (χ0v) is 13.2. The van der Waals surface area contributed by atoms with Gasteiger partial charge >= 0.3 is 0 Å². The molecule has 1 aromatic heterocycles. The zero-order valence-electron chi connectivity index (χ0n) is 11.6. The summed E-state index contributed by atoms with van der Waals surface area (Å²) in [6.45, 7) is 6.42. The Morgan fingerprint density at radius 1 is 1.21 bits per heavy atom. The Bertz CT molecular complexity index is 502. The molecule has 1 N–H and O–H groups in total. The van der Waals surface area contributed by atoms with Gasteiger partial charge in [-0.15, -0.1) is 0 Å². The number of hydrogen-bond acceptors (Lipinski definition) is 1. The first-order chi connectivity index (χ1) is 9.20. The summed E-state index contributed by atoms with van der Waals surface area (Å²) < 4.78 is 3.45. The normalized spacial score (nSPS) is 12.6. The highest BCUT2D eigenvalue weighted by molar-refractivity contribution is 9.10. The summed E-state index contributed by atoms with van der Waals surface area (Å²) in [7, 11) is 0. The van der Waals surface area contributed by atoms with Crippen molar-refractivity contribution in [1.82, 2.24) is 9.88 Å². The largest absolute Gasteiger partial charge is 0.350 e. The van der Waals surface area contributed by atoms with Crippen molar-refractivity contribution in [2.24, 2.45) is 0 Å². The maximum Gasteiger partial charge on any atom is 0.0364 e. The van der Waals surface area contributed by atoms with E-state index in [1.807, 2.05) is 0 Å². The molecule has 0 unspecified atom stereocenters. The fourth-order valence-corrected chi connectivity index (χ4v) is 2.46. The second-order valence-electron chi connectivity index (χ2n) is 4.85. The first-order valence-corrected chi connectivity index (χ1v) is 7.63. The number of nitrogens with one attached hydrogen (secondary N) is 1. The molecule has 2 nitrogen and oxygen atoms in total. The van der Waals surface area contributed by atoms with Crippen LogP contribution < -0.4 is 5.32 Å². The first-order valence-electron chi connectivity index (χ1n) is 6.83. The molecule has 19 heavy (non-hydrogen) atoms. The summed E-state index contributed by atoms with van der Waals surface area (Å²) in [6.07, 6.45) is 3.33. The van der Waals surface area contributed by atoms with Gasteiger partial charge in [-0.05, 0) is 43.2 Å². The van der Waals surface area contributed by atoms with Crippen molar-refractivity contribution in [2.75, 3.05) is 0 Å². The van der Waals surface area contributed by atoms with Crippen LogP contribution in [0.4, 0.5) is 0 Å². The second kappa shape index (κ2) is 6.92. The molecule has 0 fully saturated rings. The standard InChI is InChI=1S/C16H21BrN2/c1-3-10-19-11-4-5-16(19)12-18-13(2)14-6-8-15(17)9-7-14/h4-9,11,13,18H,3,10,12H2,1-2H3/t13-/m1/s1. The SMILES string of the molecule is CCCn1cccc1CN[C@H](C)c1ccc(Br)cc1. The molecule has 0 saturated heterocycles. The molecule has 0 radical (unpaired) electrons. The van der Waals surface area contributed by atoms with Crippen molar-refractivity contribution in [3.05, 3.63) is 58.3 Å². The molecule has 2 aromatic rings. The average Bonchev–Trinajstić information content (AvgIpc) is 2.85. The second-order valence-corrected chi connectivity index (χ2v) is 5.76. The molecule has 102 valence electrons. The lowest BCUT2D eigenvalue weighted by Crippen LogP contribution is -2.20. The van der Waals surface area contributed by atoms with Crippen molar-refractivity contribution in [1.29, 1.82) is 0 Å². The maximum absolute atomic E-state index is 3.58. The molecule has 1 aromatic carbocycles. The highest BCUT2D eigenvalue weighted by atomic mass is 79.9. The first kappa shape index (κ1) is 14.4. The van der Waals surface area contributed by atoms with Crippen LogP contribution in [-0.2, 0) is 13.1 Å². The molecule has 0 spiro atoms. The van der Waals surface area contributed by atoms with E-state index in [1.165, 1.54) is 17.7 Å². The molecule has 0 aliphatic heterocycles. The monoisotopic (exact) mass is 320 g/mol. The van der Waals surface area contributed by atoms with E-state index in [1.54, 1.807) is 0 Å². The Kier molecular flexibility index (Phi) is 5.23. The molecular formula is C16H21BrN2. The third-order valence-corrected chi connectivity index (χ3v) is 3.88. The van der Waals surface area contributed by atoms with Crippen LogP contribution in [-0.4, -0.2) is 4.57 Å². The van der Waals surface area contributed by atoms with Crippen LogP contribution in [0.2, 0.25) is 0 Å². The minimum Gasteiger partial charge on any atom is -0.350 e. The van der Waals surface area contributed by atoms with Gasteiger partial charge in [-0.1, -0.05) is 35.0 Å². The van der Waals surface area contributed by atoms with Crippen LogP contribution in [0.15, 0.2) is 47.1 Å². The van der Waals surface area contributed by atoms with Gasteiger partial charge in [-0.3, -0.25) is 0 Å². The van der Waals surface area contributed by atoms with Gasteiger partial charge in [0.1, 0.15) is 0 Å². The Hall–Kier alpha value is -1.06. The van der Waals surface area contributed by atoms with E-state index < -0.39 is 0 Å². The summed E-state index contributed by atoms with van der Waals surface area (Å²) >= 11 is 3.47. The molecule has 0 aliphatic carbocycles. The average molecular weight is 321 g/mol. The Morgan fingerprint density at radius 2 is 1.95 bits per heavy atom. The Balaban J connectivity index is 1.94. The van der Waals surface area contributed by atoms with Gasteiger partial charge in [0.05, 0.1) is 0 Å². The number of aryl methyl sites for hydroxylation is 1. The molecule has 1 heterocycles. The van der Waals surface area contributed by atoms with Gasteiger partial charge in [0, 0.05) is 35.5 Å². The van der Waals surface area contributed by atoms with Crippen molar-refractivity contribution < 1.29 is 0 Å². The highest BCUT2D eigenvalue weighted by Crippen LogP contribution is 2.17. The topological polar surface area (TPSA) is 17.0 Å². The molecular weight excluding hydrogens is 300 g/mol. The van der Waals surface area contributed by atoms with Crippen LogP contribution >= 0.6 is 15.9 Å². The third kappa shape index (κ3) is 3.95.